The van der Waals surface area contributed by atoms with Gasteiger partial charge >= 0.3 is 0 Å². The lowest BCUT2D eigenvalue weighted by molar-refractivity contribution is 0.0706. The van der Waals surface area contributed by atoms with Gasteiger partial charge in [0.15, 0.2) is 0 Å². The van der Waals surface area contributed by atoms with Gasteiger partial charge in [-0.2, -0.15) is 0 Å². The summed E-state index contributed by atoms with van der Waals surface area (Å²) in [6.07, 6.45) is 2.28. The van der Waals surface area contributed by atoms with Crippen LogP contribution in [0.2, 0.25) is 0 Å². The number of hydroxylamine groups is 1. The summed E-state index contributed by atoms with van der Waals surface area (Å²) in [5.74, 6) is 5.73. The third kappa shape index (κ3) is 6.00. The summed E-state index contributed by atoms with van der Waals surface area (Å²) in [4.78, 5) is 15.8. The van der Waals surface area contributed by atoms with Crippen molar-refractivity contribution in [1.82, 2.24) is 15.8 Å². The van der Waals surface area contributed by atoms with E-state index in [9.17, 15) is 4.79 Å². The summed E-state index contributed by atoms with van der Waals surface area (Å²) in [7, 11) is 0. The summed E-state index contributed by atoms with van der Waals surface area (Å²) in [6.45, 7) is 1.76. The van der Waals surface area contributed by atoms with Gasteiger partial charge in [0.2, 0.25) is 0 Å². The lowest BCUT2D eigenvalue weighted by Gasteiger charge is -2.04. The molecular formula is C24H23N3O3. The van der Waals surface area contributed by atoms with Crippen LogP contribution in [0.4, 0.5) is 0 Å². The first-order valence-electron chi connectivity index (χ1n) is 9.63. The van der Waals surface area contributed by atoms with E-state index < -0.39 is 5.91 Å². The van der Waals surface area contributed by atoms with Crippen molar-refractivity contribution >= 4 is 5.91 Å². The zero-order valence-electron chi connectivity index (χ0n) is 16.4. The molecule has 4 N–H and O–H groups in total. The summed E-state index contributed by atoms with van der Waals surface area (Å²) >= 11 is 0. The minimum atomic E-state index is -0.576. The van der Waals surface area contributed by atoms with Crippen molar-refractivity contribution in [2.24, 2.45) is 0 Å². The van der Waals surface area contributed by atoms with Gasteiger partial charge in [0.25, 0.3) is 5.91 Å². The first-order chi connectivity index (χ1) is 14.7. The second-order valence-electron chi connectivity index (χ2n) is 6.65. The Bertz CT molecular complexity index is 1040. The molecule has 0 saturated heterocycles. The molecule has 2 aromatic carbocycles. The molecule has 6 heteroatoms. The van der Waals surface area contributed by atoms with Gasteiger partial charge in [0, 0.05) is 41.6 Å². The highest BCUT2D eigenvalue weighted by Crippen LogP contribution is 2.18. The van der Waals surface area contributed by atoms with Crippen molar-refractivity contribution in [1.29, 1.82) is 0 Å². The second kappa shape index (κ2) is 10.9. The minimum Gasteiger partial charge on any atom is -0.396 e. The van der Waals surface area contributed by atoms with Crippen molar-refractivity contribution in [2.75, 3.05) is 13.2 Å². The molecule has 0 bridgehead atoms. The molecular weight excluding hydrogens is 378 g/mol. The maximum atomic E-state index is 11.6. The number of nitrogens with one attached hydrogen (secondary N) is 2. The Morgan fingerprint density at radius 1 is 0.967 bits per heavy atom. The molecule has 0 aliphatic rings. The van der Waals surface area contributed by atoms with Crippen LogP contribution in [0.3, 0.4) is 0 Å². The Morgan fingerprint density at radius 2 is 1.63 bits per heavy atom. The largest absolute Gasteiger partial charge is 0.396 e. The normalized spacial score (nSPS) is 10.2. The molecule has 0 atom stereocenters. The summed E-state index contributed by atoms with van der Waals surface area (Å²) in [6, 6.07) is 18.8. The molecule has 0 spiro atoms. The van der Waals surface area contributed by atoms with Crippen LogP contribution in [0.25, 0.3) is 11.3 Å². The molecule has 1 heterocycles. The third-order valence-electron chi connectivity index (χ3n) is 4.45. The van der Waals surface area contributed by atoms with Crippen molar-refractivity contribution in [3.05, 3.63) is 89.1 Å². The zero-order valence-corrected chi connectivity index (χ0v) is 16.4. The Labute approximate surface area is 175 Å². The van der Waals surface area contributed by atoms with Crippen molar-refractivity contribution < 1.29 is 15.1 Å². The number of benzene rings is 2. The number of pyridine rings is 1. The number of hydrogen-bond donors (Lipinski definition) is 4. The number of nitrogens with zero attached hydrogens (tertiary/aromatic N) is 1. The highest BCUT2D eigenvalue weighted by atomic mass is 16.5. The fraction of sp³-hybridized carbons (Fsp3) is 0.167. The molecule has 1 amide bonds. The molecule has 1 aromatic heterocycles. The average molecular weight is 401 g/mol. The minimum absolute atomic E-state index is 0.201. The molecule has 0 unspecified atom stereocenters. The Balaban J connectivity index is 1.64. The van der Waals surface area contributed by atoms with Crippen molar-refractivity contribution in [2.45, 2.75) is 13.0 Å². The molecule has 3 rings (SSSR count). The molecule has 0 aliphatic carbocycles. The molecule has 0 fully saturated rings. The smallest absolute Gasteiger partial charge is 0.274 e. The van der Waals surface area contributed by atoms with Gasteiger partial charge in [-0.1, -0.05) is 36.1 Å². The molecule has 152 valence electrons. The number of carbonyl (C=O) groups excluding carboxylic acids is 1. The Kier molecular flexibility index (Phi) is 7.70. The number of amides is 1. The number of rotatable bonds is 7. The lowest BCUT2D eigenvalue weighted by atomic mass is 10.1. The van der Waals surface area contributed by atoms with Gasteiger partial charge in [0.1, 0.15) is 0 Å². The van der Waals surface area contributed by atoms with E-state index in [-0.39, 0.29) is 6.61 Å². The van der Waals surface area contributed by atoms with Gasteiger partial charge in [-0.05, 0) is 54.9 Å². The summed E-state index contributed by atoms with van der Waals surface area (Å²) in [5.41, 5.74) is 6.42. The number of aliphatic hydroxyl groups excluding tert-OH is 1. The van der Waals surface area contributed by atoms with Crippen LogP contribution in [0.5, 0.6) is 0 Å². The molecule has 0 radical (unpaired) electrons. The zero-order chi connectivity index (χ0) is 21.2. The molecule has 0 saturated carbocycles. The maximum absolute atomic E-state index is 11.6. The highest BCUT2D eigenvalue weighted by molar-refractivity contribution is 5.94. The SMILES string of the molecule is O=C(NO)c1ccnc(-c2ccc(C#Cc3ccc(CNCCCO)cc3)cc2)c1. The summed E-state index contributed by atoms with van der Waals surface area (Å²) < 4.78 is 0. The number of aromatic nitrogens is 1. The van der Waals surface area contributed by atoms with E-state index in [0.717, 1.165) is 36.2 Å². The monoisotopic (exact) mass is 401 g/mol. The number of hydrogen-bond acceptors (Lipinski definition) is 5. The van der Waals surface area contributed by atoms with E-state index in [1.165, 1.54) is 17.8 Å². The van der Waals surface area contributed by atoms with Crippen LogP contribution in [0, 0.1) is 11.8 Å². The van der Waals surface area contributed by atoms with Crippen LogP contribution >= 0.6 is 0 Å². The highest BCUT2D eigenvalue weighted by Gasteiger charge is 2.06. The molecule has 3 aromatic rings. The van der Waals surface area contributed by atoms with E-state index in [0.29, 0.717) is 11.3 Å². The van der Waals surface area contributed by atoms with E-state index in [4.69, 9.17) is 10.3 Å². The van der Waals surface area contributed by atoms with E-state index in [1.807, 2.05) is 48.5 Å². The van der Waals surface area contributed by atoms with Crippen molar-refractivity contribution in [3.63, 3.8) is 0 Å². The van der Waals surface area contributed by atoms with Crippen molar-refractivity contribution in [3.8, 4) is 23.1 Å². The van der Waals surface area contributed by atoms with E-state index >= 15 is 0 Å². The van der Waals surface area contributed by atoms with Crippen LogP contribution in [0.1, 0.15) is 33.5 Å². The number of aliphatic hydroxyl groups is 1. The fourth-order valence-electron chi connectivity index (χ4n) is 2.81. The van der Waals surface area contributed by atoms with Gasteiger partial charge in [0.05, 0.1) is 5.69 Å². The quantitative estimate of drug-likeness (QED) is 0.211. The first kappa shape index (κ1) is 21.2. The average Bonchev–Trinajstić information content (AvgIpc) is 2.81. The van der Waals surface area contributed by atoms with Gasteiger partial charge in [-0.3, -0.25) is 15.0 Å². The Morgan fingerprint density at radius 3 is 2.27 bits per heavy atom. The van der Waals surface area contributed by atoms with Crippen LogP contribution in [-0.2, 0) is 6.54 Å². The van der Waals surface area contributed by atoms with Gasteiger partial charge in [-0.25, -0.2) is 5.48 Å². The second-order valence-corrected chi connectivity index (χ2v) is 6.65. The predicted octanol–water partition coefficient (Wildman–Crippen LogP) is 2.74. The van der Waals surface area contributed by atoms with Gasteiger partial charge in [-0.15, -0.1) is 0 Å². The Hall–Kier alpha value is -3.50. The van der Waals surface area contributed by atoms with E-state index in [1.54, 1.807) is 11.5 Å². The third-order valence-corrected chi connectivity index (χ3v) is 4.45. The first-order valence-corrected chi connectivity index (χ1v) is 9.63. The molecule has 30 heavy (non-hydrogen) atoms. The fourth-order valence-corrected chi connectivity index (χ4v) is 2.81. The predicted molar refractivity (Wildman–Crippen MR) is 115 cm³/mol. The topological polar surface area (TPSA) is 94.5 Å². The van der Waals surface area contributed by atoms with Crippen LogP contribution in [0.15, 0.2) is 66.9 Å². The van der Waals surface area contributed by atoms with Crippen LogP contribution < -0.4 is 10.8 Å². The lowest BCUT2D eigenvalue weighted by Crippen LogP contribution is -2.18. The standard InChI is InChI=1S/C24H23N3O3/c28-15-1-13-25-17-20-6-4-18(5-7-20)2-3-19-8-10-21(11-9-19)23-16-22(12-14-26-23)24(29)27-30/h4-12,14,16,25,28,30H,1,13,15,17H2,(H,27,29). The van der Waals surface area contributed by atoms with E-state index in [2.05, 4.69) is 22.1 Å². The van der Waals surface area contributed by atoms with Crippen LogP contribution in [-0.4, -0.2) is 34.4 Å². The van der Waals surface area contributed by atoms with Gasteiger partial charge < -0.3 is 10.4 Å². The maximum Gasteiger partial charge on any atom is 0.274 e. The number of carbonyl (C=O) groups is 1. The molecule has 0 aliphatic heterocycles. The summed E-state index contributed by atoms with van der Waals surface area (Å²) in [5, 5.41) is 20.8. The molecule has 6 nitrogen and oxygen atoms in total.